The first-order valence-corrected chi connectivity index (χ1v) is 18.7. The Kier molecular flexibility index (Phi) is 16.3. The van der Waals surface area contributed by atoms with Crippen molar-refractivity contribution in [3.63, 3.8) is 0 Å². The Morgan fingerprint density at radius 1 is 0.772 bits per heavy atom. The van der Waals surface area contributed by atoms with E-state index in [-0.39, 0.29) is 12.2 Å². The molecule has 0 saturated carbocycles. The first-order chi connectivity index (χ1) is 27.7. The number of aryl methyl sites for hydroxylation is 1. The molecule has 2 saturated heterocycles. The van der Waals surface area contributed by atoms with Gasteiger partial charge in [-0.1, -0.05) is 11.8 Å². The largest absolute Gasteiger partial charge is 0.385 e. The monoisotopic (exact) mass is 774 g/mol. The van der Waals surface area contributed by atoms with Crippen LogP contribution in [0, 0.1) is 36.5 Å². The standard InChI is InChI=1S/C21H24N6O2.C20H26N6O2/c1-4-16-11-26-20(14-23-16)27-19-9-18(24-13-17-12-22-7-8-29-17)15(10-25-19)5-6-21(2,3)28;1-3-16-11-25-20(14-22-16)26-19-9-18(15(10-24-19)5-4-7-27-2)23-13-17-12-21-6-8-28-17/h1,9-11,14,17,22,28H,7-8,12-13H2,2-3H3,(H2,24,25,26,27);1,9-11,14,17,21H,4-8,12-13H2,2H3,(H2,23,24,25,26)/t2*17-/m11/s1. The number of anilines is 6. The molecule has 7 N–H and O–H groups in total. The number of hydrogen-bond acceptors (Lipinski definition) is 16. The van der Waals surface area contributed by atoms with Gasteiger partial charge in [0.1, 0.15) is 40.3 Å². The second-order valence-corrected chi connectivity index (χ2v) is 13.5. The quantitative estimate of drug-likeness (QED) is 0.0729. The molecule has 0 aliphatic carbocycles. The van der Waals surface area contributed by atoms with Crippen molar-refractivity contribution in [3.05, 3.63) is 71.8 Å². The SMILES string of the molecule is C#Cc1cnc(Nc2cc(NC[C@H]3CNCCO3)c(C#CC(C)(C)O)cn2)cn1.C#Cc1cnc(Nc2cc(NC[C@H]3CNCCO3)c(CCCOC)cn2)cn1. The number of methoxy groups -OCH3 is 1. The number of nitrogens with one attached hydrogen (secondary N) is 6. The van der Waals surface area contributed by atoms with Gasteiger partial charge in [0.05, 0.1) is 61.5 Å². The summed E-state index contributed by atoms with van der Waals surface area (Å²) in [4.78, 5) is 25.6. The summed E-state index contributed by atoms with van der Waals surface area (Å²) in [6.07, 6.45) is 22.4. The van der Waals surface area contributed by atoms with E-state index < -0.39 is 5.60 Å². The highest BCUT2D eigenvalue weighted by Crippen LogP contribution is 2.23. The van der Waals surface area contributed by atoms with Gasteiger partial charge in [-0.3, -0.25) is 0 Å². The number of ether oxygens (including phenoxy) is 3. The lowest BCUT2D eigenvalue weighted by Crippen LogP contribution is -2.42. The lowest BCUT2D eigenvalue weighted by Gasteiger charge is -2.25. The fourth-order valence-corrected chi connectivity index (χ4v) is 5.46. The molecule has 2 fully saturated rings. The van der Waals surface area contributed by atoms with E-state index in [1.54, 1.807) is 45.7 Å². The third-order valence-corrected chi connectivity index (χ3v) is 8.35. The third kappa shape index (κ3) is 14.6. The molecule has 57 heavy (non-hydrogen) atoms. The van der Waals surface area contributed by atoms with Gasteiger partial charge in [-0.05, 0) is 44.1 Å². The van der Waals surface area contributed by atoms with E-state index in [0.29, 0.717) is 60.0 Å². The molecular weight excluding hydrogens is 725 g/mol. The van der Waals surface area contributed by atoms with Crippen LogP contribution < -0.4 is 31.9 Å². The number of rotatable bonds is 14. The molecular formula is C41H50N12O4. The van der Waals surface area contributed by atoms with Crippen LogP contribution in [-0.2, 0) is 20.6 Å². The first-order valence-electron chi connectivity index (χ1n) is 18.7. The van der Waals surface area contributed by atoms with Gasteiger partial charge in [0.2, 0.25) is 0 Å². The minimum absolute atomic E-state index is 0.0607. The molecule has 2 aliphatic heterocycles. The lowest BCUT2D eigenvalue weighted by atomic mass is 10.1. The summed E-state index contributed by atoms with van der Waals surface area (Å²) in [6.45, 7) is 10.2. The molecule has 2 atom stereocenters. The van der Waals surface area contributed by atoms with E-state index >= 15 is 0 Å². The zero-order valence-corrected chi connectivity index (χ0v) is 32.6. The maximum absolute atomic E-state index is 9.91. The van der Waals surface area contributed by atoms with Crippen molar-refractivity contribution in [1.29, 1.82) is 0 Å². The summed E-state index contributed by atoms with van der Waals surface area (Å²) in [6, 6.07) is 3.82. The highest BCUT2D eigenvalue weighted by atomic mass is 16.5. The molecule has 16 nitrogen and oxygen atoms in total. The van der Waals surface area contributed by atoms with Crippen LogP contribution in [-0.4, -0.2) is 119 Å². The van der Waals surface area contributed by atoms with Crippen LogP contribution in [0.3, 0.4) is 0 Å². The summed E-state index contributed by atoms with van der Waals surface area (Å²) in [5, 5.41) is 29.7. The number of aliphatic hydroxyl groups is 1. The van der Waals surface area contributed by atoms with E-state index in [1.807, 2.05) is 18.3 Å². The molecule has 0 unspecified atom stereocenters. The Balaban J connectivity index is 0.000000218. The second kappa shape index (κ2) is 22.0. The first kappa shape index (κ1) is 42.2. The van der Waals surface area contributed by atoms with Crippen LogP contribution in [0.4, 0.5) is 34.6 Å². The van der Waals surface area contributed by atoms with Gasteiger partial charge < -0.3 is 51.2 Å². The molecule has 0 aromatic carbocycles. The minimum Gasteiger partial charge on any atom is -0.385 e. The molecule has 6 heterocycles. The molecule has 4 aromatic rings. The van der Waals surface area contributed by atoms with E-state index in [9.17, 15) is 5.11 Å². The summed E-state index contributed by atoms with van der Waals surface area (Å²) in [5.41, 5.74) is 3.48. The highest BCUT2D eigenvalue weighted by molar-refractivity contribution is 5.66. The molecule has 16 heteroatoms. The van der Waals surface area contributed by atoms with Gasteiger partial charge in [0, 0.05) is 83.2 Å². The van der Waals surface area contributed by atoms with Gasteiger partial charge in [-0.25, -0.2) is 29.9 Å². The van der Waals surface area contributed by atoms with E-state index in [1.165, 1.54) is 6.20 Å². The Labute approximate surface area is 334 Å². The van der Waals surface area contributed by atoms with E-state index in [0.717, 1.165) is 69.1 Å². The highest BCUT2D eigenvalue weighted by Gasteiger charge is 2.16. The van der Waals surface area contributed by atoms with Crippen LogP contribution >= 0.6 is 0 Å². The van der Waals surface area contributed by atoms with Crippen molar-refractivity contribution in [3.8, 4) is 36.5 Å². The van der Waals surface area contributed by atoms with Crippen molar-refractivity contribution in [2.75, 3.05) is 87.5 Å². The fourth-order valence-electron chi connectivity index (χ4n) is 5.46. The Bertz CT molecular complexity index is 2000. The predicted octanol–water partition coefficient (Wildman–Crippen LogP) is 2.70. The normalized spacial score (nSPS) is 16.3. The lowest BCUT2D eigenvalue weighted by molar-refractivity contribution is 0.0371. The summed E-state index contributed by atoms with van der Waals surface area (Å²) in [5.74, 6) is 13.1. The summed E-state index contributed by atoms with van der Waals surface area (Å²) >= 11 is 0. The average Bonchev–Trinajstić information content (AvgIpc) is 3.23. The number of pyridine rings is 2. The van der Waals surface area contributed by atoms with Crippen molar-refractivity contribution in [2.24, 2.45) is 0 Å². The number of terminal acetylenes is 2. The van der Waals surface area contributed by atoms with Gasteiger partial charge in [-0.15, -0.1) is 12.8 Å². The van der Waals surface area contributed by atoms with Crippen LogP contribution in [0.5, 0.6) is 0 Å². The Morgan fingerprint density at radius 3 is 1.81 bits per heavy atom. The molecule has 0 bridgehead atoms. The number of nitrogens with zero attached hydrogens (tertiary/aromatic N) is 6. The molecule has 0 radical (unpaired) electrons. The Morgan fingerprint density at radius 2 is 1.32 bits per heavy atom. The van der Waals surface area contributed by atoms with Crippen molar-refractivity contribution in [2.45, 2.75) is 44.5 Å². The van der Waals surface area contributed by atoms with Crippen LogP contribution in [0.25, 0.3) is 0 Å². The summed E-state index contributed by atoms with van der Waals surface area (Å²) < 4.78 is 16.7. The maximum atomic E-state index is 9.91. The third-order valence-electron chi connectivity index (χ3n) is 8.35. The Hall–Kier alpha value is -5.90. The smallest absolute Gasteiger partial charge is 0.150 e. The van der Waals surface area contributed by atoms with Gasteiger partial charge in [-0.2, -0.15) is 0 Å². The number of hydrogen-bond donors (Lipinski definition) is 7. The summed E-state index contributed by atoms with van der Waals surface area (Å²) in [7, 11) is 1.71. The second-order valence-electron chi connectivity index (χ2n) is 13.5. The molecule has 0 spiro atoms. The van der Waals surface area contributed by atoms with Gasteiger partial charge in [0.15, 0.2) is 0 Å². The molecule has 2 aliphatic rings. The molecule has 298 valence electrons. The van der Waals surface area contributed by atoms with Crippen LogP contribution in [0.2, 0.25) is 0 Å². The van der Waals surface area contributed by atoms with Crippen molar-refractivity contribution in [1.82, 2.24) is 40.5 Å². The van der Waals surface area contributed by atoms with E-state index in [2.05, 4.69) is 85.5 Å². The van der Waals surface area contributed by atoms with Crippen LogP contribution in [0.15, 0.2) is 49.3 Å². The zero-order chi connectivity index (χ0) is 40.3. The van der Waals surface area contributed by atoms with Gasteiger partial charge >= 0.3 is 0 Å². The zero-order valence-electron chi connectivity index (χ0n) is 32.6. The predicted molar refractivity (Wildman–Crippen MR) is 221 cm³/mol. The average molecular weight is 775 g/mol. The van der Waals surface area contributed by atoms with E-state index in [4.69, 9.17) is 27.1 Å². The molecule has 4 aromatic heterocycles. The van der Waals surface area contributed by atoms with Crippen molar-refractivity contribution < 1.29 is 19.3 Å². The molecule has 6 rings (SSSR count). The van der Waals surface area contributed by atoms with Crippen molar-refractivity contribution >= 4 is 34.6 Å². The maximum Gasteiger partial charge on any atom is 0.150 e. The fraction of sp³-hybridized carbons (Fsp3) is 0.415. The van der Waals surface area contributed by atoms with Crippen LogP contribution in [0.1, 0.15) is 42.8 Å². The molecule has 0 amide bonds. The van der Waals surface area contributed by atoms with Gasteiger partial charge in [0.25, 0.3) is 0 Å². The minimum atomic E-state index is -1.10. The number of morpholine rings is 2. The number of aromatic nitrogens is 6. The topological polar surface area (TPSA) is 197 Å².